The smallest absolute Gasteiger partial charge is 0.256 e. The number of hydrogen-bond acceptors (Lipinski definition) is 4. The van der Waals surface area contributed by atoms with E-state index in [2.05, 4.69) is 27.0 Å². The summed E-state index contributed by atoms with van der Waals surface area (Å²) < 4.78 is 6.84. The summed E-state index contributed by atoms with van der Waals surface area (Å²) in [7, 11) is 0. The Morgan fingerprint density at radius 2 is 1.78 bits per heavy atom. The third-order valence-electron chi connectivity index (χ3n) is 4.49. The maximum Gasteiger partial charge on any atom is 0.256 e. The molecule has 3 nitrogen and oxygen atoms in total. The number of fused-ring (bicyclic) bond motifs is 3. The van der Waals surface area contributed by atoms with E-state index < -0.39 is 0 Å². The van der Waals surface area contributed by atoms with Gasteiger partial charge in [0.2, 0.25) is 0 Å². The van der Waals surface area contributed by atoms with E-state index in [0.717, 1.165) is 31.9 Å². The van der Waals surface area contributed by atoms with Gasteiger partial charge in [0.1, 0.15) is 5.58 Å². The average Bonchev–Trinajstić information content (AvgIpc) is 3.35. The highest BCUT2D eigenvalue weighted by molar-refractivity contribution is 9.10. The van der Waals surface area contributed by atoms with Gasteiger partial charge in [-0.1, -0.05) is 58.4 Å². The minimum atomic E-state index is -0.191. The topological polar surface area (TPSA) is 43.1 Å². The van der Waals surface area contributed by atoms with Crippen LogP contribution in [0.25, 0.3) is 33.0 Å². The molecule has 2 aromatic heterocycles. The van der Waals surface area contributed by atoms with Crippen molar-refractivity contribution in [1.82, 2.24) is 4.98 Å². The first-order chi connectivity index (χ1) is 13.2. The Bertz CT molecular complexity index is 1300. The standard InChI is InChI=1S/C22H12BrNO2S/c23-15-8-5-14(6-9-15)18-12-27-22(24-18)21(25)20-11-17-16-4-2-1-3-13(16)7-10-19(17)26-20/h1-12H. The van der Waals surface area contributed by atoms with Crippen molar-refractivity contribution < 1.29 is 9.21 Å². The molecule has 3 aromatic carbocycles. The number of nitrogens with zero attached hydrogens (tertiary/aromatic N) is 1. The highest BCUT2D eigenvalue weighted by Gasteiger charge is 2.19. The van der Waals surface area contributed by atoms with Gasteiger partial charge in [0, 0.05) is 20.8 Å². The van der Waals surface area contributed by atoms with E-state index in [1.807, 2.05) is 66.0 Å². The van der Waals surface area contributed by atoms with Gasteiger partial charge in [-0.2, -0.15) is 0 Å². The normalized spacial score (nSPS) is 11.3. The molecule has 0 amide bonds. The summed E-state index contributed by atoms with van der Waals surface area (Å²) in [4.78, 5) is 17.4. The molecule has 5 aromatic rings. The zero-order chi connectivity index (χ0) is 18.4. The summed E-state index contributed by atoms with van der Waals surface area (Å²) in [6.45, 7) is 0. The fourth-order valence-corrected chi connectivity index (χ4v) is 4.18. The molecule has 0 saturated heterocycles. The third-order valence-corrected chi connectivity index (χ3v) is 5.86. The number of rotatable bonds is 3. The zero-order valence-electron chi connectivity index (χ0n) is 14.0. The first-order valence-electron chi connectivity index (χ1n) is 8.36. The van der Waals surface area contributed by atoms with E-state index in [9.17, 15) is 4.79 Å². The number of ketones is 1. The molecular formula is C22H12BrNO2S. The van der Waals surface area contributed by atoms with Crippen LogP contribution in [-0.4, -0.2) is 10.8 Å². The number of halogens is 1. The molecule has 130 valence electrons. The van der Waals surface area contributed by atoms with Crippen molar-refractivity contribution in [2.24, 2.45) is 0 Å². The van der Waals surface area contributed by atoms with Crippen molar-refractivity contribution in [3.63, 3.8) is 0 Å². The first kappa shape index (κ1) is 16.4. The molecule has 5 rings (SSSR count). The number of hydrogen-bond donors (Lipinski definition) is 0. The Labute approximate surface area is 167 Å². The second-order valence-corrected chi connectivity index (χ2v) is 7.96. The van der Waals surface area contributed by atoms with Crippen LogP contribution in [0.1, 0.15) is 15.6 Å². The fourth-order valence-electron chi connectivity index (χ4n) is 3.14. The number of benzene rings is 3. The number of carbonyl (C=O) groups is 1. The van der Waals surface area contributed by atoms with Gasteiger partial charge in [-0.25, -0.2) is 4.98 Å². The molecule has 0 aliphatic rings. The van der Waals surface area contributed by atoms with Crippen molar-refractivity contribution in [2.75, 3.05) is 0 Å². The molecule has 0 N–H and O–H groups in total. The van der Waals surface area contributed by atoms with Gasteiger partial charge in [0.05, 0.1) is 5.69 Å². The predicted octanol–water partition coefficient (Wildman–Crippen LogP) is 6.70. The fraction of sp³-hybridized carbons (Fsp3) is 0. The van der Waals surface area contributed by atoms with Gasteiger partial charge in [0.15, 0.2) is 10.8 Å². The van der Waals surface area contributed by atoms with Crippen LogP contribution in [0.4, 0.5) is 0 Å². The Morgan fingerprint density at radius 1 is 0.963 bits per heavy atom. The summed E-state index contributed by atoms with van der Waals surface area (Å²) in [6.07, 6.45) is 0. The Morgan fingerprint density at radius 3 is 2.63 bits per heavy atom. The lowest BCUT2D eigenvalue weighted by molar-refractivity contribution is 0.101. The van der Waals surface area contributed by atoms with Crippen LogP contribution >= 0.6 is 27.3 Å². The molecule has 0 atom stereocenters. The maximum atomic E-state index is 12.9. The maximum absolute atomic E-state index is 12.9. The van der Waals surface area contributed by atoms with Crippen molar-refractivity contribution in [3.8, 4) is 11.3 Å². The monoisotopic (exact) mass is 433 g/mol. The highest BCUT2D eigenvalue weighted by atomic mass is 79.9. The van der Waals surface area contributed by atoms with Gasteiger partial charge in [0.25, 0.3) is 5.78 Å². The molecule has 0 saturated carbocycles. The molecule has 0 aliphatic heterocycles. The average molecular weight is 434 g/mol. The lowest BCUT2D eigenvalue weighted by Gasteiger charge is -1.96. The molecule has 0 bridgehead atoms. The molecule has 2 heterocycles. The van der Waals surface area contributed by atoms with Crippen molar-refractivity contribution in [1.29, 1.82) is 0 Å². The van der Waals surface area contributed by atoms with Crippen molar-refractivity contribution >= 4 is 54.8 Å². The number of furan rings is 1. The van der Waals surface area contributed by atoms with E-state index in [-0.39, 0.29) is 5.78 Å². The first-order valence-corrected chi connectivity index (χ1v) is 10.0. The van der Waals surface area contributed by atoms with Gasteiger partial charge < -0.3 is 4.42 Å². The summed E-state index contributed by atoms with van der Waals surface area (Å²) in [5.74, 6) is 0.127. The van der Waals surface area contributed by atoms with Gasteiger partial charge in [-0.05, 0) is 35.0 Å². The van der Waals surface area contributed by atoms with Gasteiger partial charge in [-0.15, -0.1) is 11.3 Å². The SMILES string of the molecule is O=C(c1cc2c(ccc3ccccc32)o1)c1nc(-c2ccc(Br)cc2)cs1. The zero-order valence-corrected chi connectivity index (χ0v) is 16.4. The van der Waals surface area contributed by atoms with Gasteiger partial charge in [-0.3, -0.25) is 4.79 Å². The summed E-state index contributed by atoms with van der Waals surface area (Å²) in [6, 6.07) is 21.7. The molecule has 27 heavy (non-hydrogen) atoms. The molecule has 0 radical (unpaired) electrons. The second-order valence-electron chi connectivity index (χ2n) is 6.18. The van der Waals surface area contributed by atoms with Crippen LogP contribution in [0.15, 0.2) is 81.0 Å². The Kier molecular flexibility index (Phi) is 3.92. The molecule has 0 unspecified atom stereocenters. The van der Waals surface area contributed by atoms with Crippen LogP contribution in [0.2, 0.25) is 0 Å². The summed E-state index contributed by atoms with van der Waals surface area (Å²) >= 11 is 4.76. The van der Waals surface area contributed by atoms with E-state index >= 15 is 0 Å². The van der Waals surface area contributed by atoms with E-state index in [0.29, 0.717) is 16.4 Å². The molecule has 0 spiro atoms. The lowest BCUT2D eigenvalue weighted by Crippen LogP contribution is -1.98. The van der Waals surface area contributed by atoms with E-state index in [4.69, 9.17) is 4.42 Å². The minimum Gasteiger partial charge on any atom is -0.452 e. The van der Waals surface area contributed by atoms with Crippen molar-refractivity contribution in [2.45, 2.75) is 0 Å². The Balaban J connectivity index is 1.54. The predicted molar refractivity (Wildman–Crippen MR) is 112 cm³/mol. The largest absolute Gasteiger partial charge is 0.452 e. The Hall–Kier alpha value is -2.76. The molecule has 5 heteroatoms. The number of carbonyl (C=O) groups excluding carboxylic acids is 1. The second kappa shape index (κ2) is 6.44. The third kappa shape index (κ3) is 2.89. The summed E-state index contributed by atoms with van der Waals surface area (Å²) in [5.41, 5.74) is 2.48. The van der Waals surface area contributed by atoms with Gasteiger partial charge >= 0.3 is 0 Å². The van der Waals surface area contributed by atoms with Crippen LogP contribution < -0.4 is 0 Å². The highest BCUT2D eigenvalue weighted by Crippen LogP contribution is 2.30. The number of thiazole rings is 1. The van der Waals surface area contributed by atoms with E-state index in [1.165, 1.54) is 11.3 Å². The minimum absolute atomic E-state index is 0.191. The van der Waals surface area contributed by atoms with Crippen LogP contribution in [0.3, 0.4) is 0 Å². The van der Waals surface area contributed by atoms with Crippen LogP contribution in [0.5, 0.6) is 0 Å². The van der Waals surface area contributed by atoms with Crippen LogP contribution in [-0.2, 0) is 0 Å². The quantitative estimate of drug-likeness (QED) is 0.297. The lowest BCUT2D eigenvalue weighted by atomic mass is 10.1. The van der Waals surface area contributed by atoms with Crippen LogP contribution in [0, 0.1) is 0 Å². The molecule has 0 fully saturated rings. The number of aromatic nitrogens is 1. The molecule has 0 aliphatic carbocycles. The van der Waals surface area contributed by atoms with Crippen molar-refractivity contribution in [3.05, 3.63) is 87.4 Å². The van der Waals surface area contributed by atoms with E-state index in [1.54, 1.807) is 0 Å². The summed E-state index contributed by atoms with van der Waals surface area (Å²) in [5, 5.41) is 5.47. The molecular weight excluding hydrogens is 422 g/mol.